The van der Waals surface area contributed by atoms with Crippen molar-refractivity contribution in [1.29, 1.82) is 0 Å². The standard InChI is InChI=1S/C15H31BN2O2/c1-12(2,3)17-11(18-13(4,5)6)16-19-14(7,8)15(9,10)20-16/h1-10H3,(H,17,18). The number of amidine groups is 1. The van der Waals surface area contributed by atoms with Crippen LogP contribution in [0.4, 0.5) is 0 Å². The maximum Gasteiger partial charge on any atom is 0.531 e. The van der Waals surface area contributed by atoms with Crippen molar-refractivity contribution in [3.05, 3.63) is 0 Å². The fourth-order valence-electron chi connectivity index (χ4n) is 1.84. The molecule has 1 fully saturated rings. The van der Waals surface area contributed by atoms with Gasteiger partial charge in [0.15, 0.2) is 0 Å². The number of rotatable bonds is 1. The van der Waals surface area contributed by atoms with Gasteiger partial charge in [-0.25, -0.2) is 0 Å². The van der Waals surface area contributed by atoms with Crippen molar-refractivity contribution in [2.24, 2.45) is 4.99 Å². The molecule has 20 heavy (non-hydrogen) atoms. The largest absolute Gasteiger partial charge is 0.531 e. The summed E-state index contributed by atoms with van der Waals surface area (Å²) in [7, 11) is -0.446. The Morgan fingerprint density at radius 3 is 1.60 bits per heavy atom. The van der Waals surface area contributed by atoms with Crippen LogP contribution >= 0.6 is 0 Å². The normalized spacial score (nSPS) is 23.1. The second kappa shape index (κ2) is 5.02. The first kappa shape index (κ1) is 17.5. The fraction of sp³-hybridized carbons (Fsp3) is 0.933. The van der Waals surface area contributed by atoms with Crippen LogP contribution in [-0.4, -0.2) is 35.1 Å². The molecule has 1 N–H and O–H groups in total. The fourth-order valence-corrected chi connectivity index (χ4v) is 1.84. The summed E-state index contributed by atoms with van der Waals surface area (Å²) in [6.07, 6.45) is 0. The van der Waals surface area contributed by atoms with Crippen LogP contribution in [-0.2, 0) is 9.31 Å². The van der Waals surface area contributed by atoms with Crippen LogP contribution in [0.2, 0.25) is 0 Å². The summed E-state index contributed by atoms with van der Waals surface area (Å²) >= 11 is 0. The highest BCUT2D eigenvalue weighted by atomic mass is 16.7. The van der Waals surface area contributed by atoms with Crippen LogP contribution in [0.25, 0.3) is 0 Å². The quantitative estimate of drug-likeness (QED) is 0.456. The second-order valence-corrected chi connectivity index (χ2v) is 8.63. The van der Waals surface area contributed by atoms with Gasteiger partial charge in [0.2, 0.25) is 0 Å². The molecule has 1 saturated heterocycles. The molecule has 0 aromatic carbocycles. The van der Waals surface area contributed by atoms with E-state index in [2.05, 4.69) is 74.6 Å². The van der Waals surface area contributed by atoms with Gasteiger partial charge in [-0.1, -0.05) is 0 Å². The van der Waals surface area contributed by atoms with E-state index in [-0.39, 0.29) is 22.3 Å². The topological polar surface area (TPSA) is 42.9 Å². The van der Waals surface area contributed by atoms with Crippen LogP contribution in [0.1, 0.15) is 69.2 Å². The van der Waals surface area contributed by atoms with Crippen molar-refractivity contribution in [2.45, 2.75) is 91.5 Å². The average molecular weight is 282 g/mol. The van der Waals surface area contributed by atoms with Crippen LogP contribution in [0.3, 0.4) is 0 Å². The molecular weight excluding hydrogens is 251 g/mol. The Morgan fingerprint density at radius 1 is 0.900 bits per heavy atom. The van der Waals surface area contributed by atoms with Crippen molar-refractivity contribution in [2.75, 3.05) is 0 Å². The van der Waals surface area contributed by atoms with E-state index >= 15 is 0 Å². The molecule has 0 radical (unpaired) electrons. The Hall–Kier alpha value is -0.545. The van der Waals surface area contributed by atoms with Gasteiger partial charge in [-0.15, -0.1) is 0 Å². The molecule has 0 aliphatic carbocycles. The van der Waals surface area contributed by atoms with Gasteiger partial charge in [-0.2, -0.15) is 0 Å². The van der Waals surface area contributed by atoms with E-state index in [1.807, 2.05) is 0 Å². The van der Waals surface area contributed by atoms with E-state index in [0.29, 0.717) is 0 Å². The van der Waals surface area contributed by atoms with Gasteiger partial charge in [0.05, 0.1) is 16.7 Å². The van der Waals surface area contributed by atoms with E-state index in [1.165, 1.54) is 0 Å². The Labute approximate surface area is 124 Å². The van der Waals surface area contributed by atoms with E-state index in [9.17, 15) is 0 Å². The number of hydrogen-bond acceptors (Lipinski definition) is 3. The first-order valence-corrected chi connectivity index (χ1v) is 7.37. The molecule has 5 heteroatoms. The molecule has 0 spiro atoms. The molecule has 0 bridgehead atoms. The SMILES string of the molecule is CC(C)(C)N=C(NC(C)(C)C)B1OC(C)(C)C(C)(C)O1. The number of nitrogens with zero attached hydrogens (tertiary/aromatic N) is 1. The van der Waals surface area contributed by atoms with Gasteiger partial charge in [0.25, 0.3) is 0 Å². The highest BCUT2D eigenvalue weighted by Crippen LogP contribution is 2.37. The van der Waals surface area contributed by atoms with Crippen LogP contribution in [0, 0.1) is 0 Å². The van der Waals surface area contributed by atoms with Gasteiger partial charge >= 0.3 is 7.12 Å². The summed E-state index contributed by atoms with van der Waals surface area (Å²) in [6, 6.07) is 0. The summed E-state index contributed by atoms with van der Waals surface area (Å²) < 4.78 is 12.2. The molecule has 0 aromatic rings. The molecule has 1 rings (SSSR count). The van der Waals surface area contributed by atoms with Crippen LogP contribution in [0.15, 0.2) is 4.99 Å². The smallest absolute Gasteiger partial charge is 0.397 e. The van der Waals surface area contributed by atoms with Crippen molar-refractivity contribution in [1.82, 2.24) is 5.32 Å². The van der Waals surface area contributed by atoms with E-state index in [4.69, 9.17) is 14.3 Å². The monoisotopic (exact) mass is 282 g/mol. The zero-order chi connectivity index (χ0) is 16.0. The lowest BCUT2D eigenvalue weighted by molar-refractivity contribution is 0.00578. The second-order valence-electron chi connectivity index (χ2n) is 8.63. The zero-order valence-corrected chi connectivity index (χ0v) is 14.8. The third-order valence-electron chi connectivity index (χ3n) is 3.44. The van der Waals surface area contributed by atoms with Crippen LogP contribution < -0.4 is 5.32 Å². The Bertz CT molecular complexity index is 374. The lowest BCUT2D eigenvalue weighted by Crippen LogP contribution is -2.50. The molecule has 116 valence electrons. The summed E-state index contributed by atoms with van der Waals surface area (Å²) in [5.74, 6) is 0. The maximum absolute atomic E-state index is 6.10. The first-order chi connectivity index (χ1) is 8.63. The summed E-state index contributed by atoms with van der Waals surface area (Å²) in [5.41, 5.74) is -0.208. The van der Waals surface area contributed by atoms with Gasteiger partial charge in [0.1, 0.15) is 5.73 Å². The molecule has 0 amide bonds. The molecular formula is C15H31BN2O2. The predicted molar refractivity (Wildman–Crippen MR) is 86.2 cm³/mol. The molecule has 4 nitrogen and oxygen atoms in total. The van der Waals surface area contributed by atoms with E-state index < -0.39 is 7.12 Å². The minimum Gasteiger partial charge on any atom is -0.397 e. The third kappa shape index (κ3) is 4.49. The zero-order valence-electron chi connectivity index (χ0n) is 14.8. The number of hydrogen-bond donors (Lipinski definition) is 1. The Morgan fingerprint density at radius 2 is 1.30 bits per heavy atom. The minimum absolute atomic E-state index is 0.0896. The molecule has 1 heterocycles. The molecule has 1 aliphatic heterocycles. The lowest BCUT2D eigenvalue weighted by atomic mass is 9.85. The Balaban J connectivity index is 3.06. The lowest BCUT2D eigenvalue weighted by Gasteiger charge is -2.32. The van der Waals surface area contributed by atoms with Crippen molar-refractivity contribution in [3.63, 3.8) is 0 Å². The van der Waals surface area contributed by atoms with Crippen molar-refractivity contribution < 1.29 is 9.31 Å². The van der Waals surface area contributed by atoms with E-state index in [0.717, 1.165) is 5.73 Å². The maximum atomic E-state index is 6.10. The molecule has 1 aliphatic rings. The number of nitrogens with one attached hydrogen (secondary N) is 1. The predicted octanol–water partition coefficient (Wildman–Crippen LogP) is 3.20. The number of aliphatic imine (C=N–C) groups is 1. The van der Waals surface area contributed by atoms with Crippen molar-refractivity contribution >= 4 is 12.9 Å². The van der Waals surface area contributed by atoms with Gasteiger partial charge in [-0.05, 0) is 69.2 Å². The molecule has 0 aromatic heterocycles. The van der Waals surface area contributed by atoms with Crippen LogP contribution in [0.5, 0.6) is 0 Å². The third-order valence-corrected chi connectivity index (χ3v) is 3.44. The minimum atomic E-state index is -0.446. The van der Waals surface area contributed by atoms with Gasteiger partial charge in [0, 0.05) is 5.54 Å². The van der Waals surface area contributed by atoms with Gasteiger partial charge < -0.3 is 14.6 Å². The summed E-state index contributed by atoms with van der Waals surface area (Å²) in [6.45, 7) is 20.8. The highest BCUT2D eigenvalue weighted by molar-refractivity contribution is 6.82. The van der Waals surface area contributed by atoms with Crippen molar-refractivity contribution in [3.8, 4) is 0 Å². The summed E-state index contributed by atoms with van der Waals surface area (Å²) in [5, 5.41) is 3.43. The first-order valence-electron chi connectivity index (χ1n) is 7.37. The Kier molecular flexibility index (Phi) is 4.40. The molecule has 0 atom stereocenters. The average Bonchev–Trinajstić information content (AvgIpc) is 2.29. The molecule has 0 unspecified atom stereocenters. The molecule has 0 saturated carbocycles. The highest BCUT2D eigenvalue weighted by Gasteiger charge is 2.53. The van der Waals surface area contributed by atoms with E-state index in [1.54, 1.807) is 0 Å². The van der Waals surface area contributed by atoms with Gasteiger partial charge in [-0.3, -0.25) is 4.99 Å². The summed E-state index contributed by atoms with van der Waals surface area (Å²) in [4.78, 5) is 4.76.